The zero-order valence-electron chi connectivity index (χ0n) is 11.9. The first-order chi connectivity index (χ1) is 9.78. The van der Waals surface area contributed by atoms with E-state index in [1.165, 1.54) is 31.5 Å². The highest BCUT2D eigenvalue weighted by Gasteiger charge is 2.22. The summed E-state index contributed by atoms with van der Waals surface area (Å²) in [5.74, 6) is 0. The summed E-state index contributed by atoms with van der Waals surface area (Å²) < 4.78 is 0. The van der Waals surface area contributed by atoms with Crippen molar-refractivity contribution in [3.05, 3.63) is 48.6 Å². The maximum Gasteiger partial charge on any atom is 0.166 e. The molecule has 2 rings (SSSR count). The molecule has 1 saturated heterocycles. The minimum Gasteiger partial charge on any atom is -0.360 e. The molecular formula is C16H24N3S+. The van der Waals surface area contributed by atoms with E-state index in [2.05, 4.69) is 47.5 Å². The van der Waals surface area contributed by atoms with E-state index in [0.29, 0.717) is 6.04 Å². The molecule has 0 aliphatic carbocycles. The summed E-state index contributed by atoms with van der Waals surface area (Å²) >= 11 is 5.26. The van der Waals surface area contributed by atoms with Crippen LogP contribution >= 0.6 is 12.2 Å². The van der Waals surface area contributed by atoms with Gasteiger partial charge in [-0.1, -0.05) is 36.4 Å². The van der Waals surface area contributed by atoms with Gasteiger partial charge in [-0.05, 0) is 12.2 Å². The van der Waals surface area contributed by atoms with E-state index in [4.69, 9.17) is 12.2 Å². The Morgan fingerprint density at radius 2 is 2.00 bits per heavy atom. The Morgan fingerprint density at radius 3 is 2.65 bits per heavy atom. The Bertz CT molecular complexity index is 425. The standard InChI is InChI=1S/C16H23N3S/c1-2-10-17-16(20)18-15-8-11-19(12-9-15)13-14-6-4-3-5-7-14/h2-7,15H,1,8-13H2,(H2,17,18,20)/p+1. The normalized spacial score (nSPS) is 22.0. The lowest BCUT2D eigenvalue weighted by Gasteiger charge is -2.30. The minimum atomic E-state index is 0.513. The van der Waals surface area contributed by atoms with Crippen LogP contribution in [0.2, 0.25) is 0 Å². The fraction of sp³-hybridized carbons (Fsp3) is 0.438. The Kier molecular flexibility index (Phi) is 6.02. The lowest BCUT2D eigenvalue weighted by atomic mass is 10.0. The van der Waals surface area contributed by atoms with Crippen molar-refractivity contribution in [2.24, 2.45) is 0 Å². The van der Waals surface area contributed by atoms with Crippen molar-refractivity contribution < 1.29 is 4.90 Å². The molecule has 0 aromatic heterocycles. The van der Waals surface area contributed by atoms with E-state index in [9.17, 15) is 0 Å². The van der Waals surface area contributed by atoms with Crippen molar-refractivity contribution in [2.45, 2.75) is 25.4 Å². The summed E-state index contributed by atoms with van der Waals surface area (Å²) in [7, 11) is 0. The van der Waals surface area contributed by atoms with Gasteiger partial charge in [0.25, 0.3) is 0 Å². The summed E-state index contributed by atoms with van der Waals surface area (Å²) in [5.41, 5.74) is 1.43. The third-order valence-electron chi connectivity index (χ3n) is 3.73. The molecular weight excluding hydrogens is 266 g/mol. The minimum absolute atomic E-state index is 0.513. The number of quaternary nitrogens is 1. The highest BCUT2D eigenvalue weighted by Crippen LogP contribution is 2.01. The summed E-state index contributed by atoms with van der Waals surface area (Å²) in [6, 6.07) is 11.3. The zero-order chi connectivity index (χ0) is 14.2. The number of piperidine rings is 1. The van der Waals surface area contributed by atoms with E-state index in [1.54, 1.807) is 4.90 Å². The molecule has 1 aromatic rings. The molecule has 0 atom stereocenters. The van der Waals surface area contributed by atoms with Gasteiger partial charge in [-0.15, -0.1) is 6.58 Å². The van der Waals surface area contributed by atoms with Gasteiger partial charge in [-0.2, -0.15) is 0 Å². The van der Waals surface area contributed by atoms with Crippen LogP contribution in [0, 0.1) is 0 Å². The third-order valence-corrected chi connectivity index (χ3v) is 3.99. The molecule has 1 aliphatic heterocycles. The van der Waals surface area contributed by atoms with Crippen molar-refractivity contribution in [1.29, 1.82) is 0 Å². The van der Waals surface area contributed by atoms with E-state index in [1.807, 2.05) is 6.08 Å². The van der Waals surface area contributed by atoms with Gasteiger partial charge in [0.2, 0.25) is 0 Å². The Labute approximate surface area is 127 Å². The number of thiocarbonyl (C=S) groups is 1. The van der Waals surface area contributed by atoms with E-state index < -0.39 is 0 Å². The molecule has 0 bridgehead atoms. The quantitative estimate of drug-likeness (QED) is 0.555. The lowest BCUT2D eigenvalue weighted by molar-refractivity contribution is -0.918. The summed E-state index contributed by atoms with van der Waals surface area (Å²) in [6.45, 7) is 7.94. The number of hydrogen-bond acceptors (Lipinski definition) is 1. The molecule has 0 unspecified atom stereocenters. The number of hydrogen-bond donors (Lipinski definition) is 3. The van der Waals surface area contributed by atoms with Crippen LogP contribution in [0.3, 0.4) is 0 Å². The van der Waals surface area contributed by atoms with Gasteiger partial charge in [0.05, 0.1) is 13.1 Å². The maximum absolute atomic E-state index is 5.26. The summed E-state index contributed by atoms with van der Waals surface area (Å²) in [6.07, 6.45) is 4.18. The zero-order valence-corrected chi connectivity index (χ0v) is 12.7. The van der Waals surface area contributed by atoms with Gasteiger partial charge in [-0.3, -0.25) is 0 Å². The number of rotatable bonds is 5. The highest BCUT2D eigenvalue weighted by atomic mass is 32.1. The van der Waals surface area contributed by atoms with Crippen LogP contribution in [0.5, 0.6) is 0 Å². The number of benzene rings is 1. The van der Waals surface area contributed by atoms with E-state index >= 15 is 0 Å². The Hall–Kier alpha value is -1.39. The topological polar surface area (TPSA) is 28.5 Å². The second kappa shape index (κ2) is 8.02. The molecule has 108 valence electrons. The van der Waals surface area contributed by atoms with Crippen LogP contribution in [-0.2, 0) is 6.54 Å². The molecule has 1 fully saturated rings. The molecule has 20 heavy (non-hydrogen) atoms. The molecule has 4 heteroatoms. The molecule has 3 N–H and O–H groups in total. The monoisotopic (exact) mass is 290 g/mol. The highest BCUT2D eigenvalue weighted by molar-refractivity contribution is 7.80. The molecule has 1 aliphatic rings. The average Bonchev–Trinajstić information content (AvgIpc) is 2.48. The van der Waals surface area contributed by atoms with Gasteiger partial charge >= 0.3 is 0 Å². The van der Waals surface area contributed by atoms with Gasteiger partial charge in [0.15, 0.2) is 5.11 Å². The summed E-state index contributed by atoms with van der Waals surface area (Å²) in [5, 5.41) is 7.27. The lowest BCUT2D eigenvalue weighted by Crippen LogP contribution is -3.12. The van der Waals surface area contributed by atoms with Crippen LogP contribution in [0.25, 0.3) is 0 Å². The van der Waals surface area contributed by atoms with Gasteiger partial charge < -0.3 is 15.5 Å². The molecule has 0 saturated carbocycles. The van der Waals surface area contributed by atoms with Gasteiger partial charge in [-0.25, -0.2) is 0 Å². The van der Waals surface area contributed by atoms with Gasteiger partial charge in [0, 0.05) is 31.0 Å². The van der Waals surface area contributed by atoms with Crippen LogP contribution in [-0.4, -0.2) is 30.8 Å². The van der Waals surface area contributed by atoms with Crippen molar-refractivity contribution in [2.75, 3.05) is 19.6 Å². The van der Waals surface area contributed by atoms with Crippen LogP contribution in [0.1, 0.15) is 18.4 Å². The smallest absolute Gasteiger partial charge is 0.166 e. The first-order valence-corrected chi connectivity index (χ1v) is 7.71. The fourth-order valence-electron chi connectivity index (χ4n) is 2.63. The van der Waals surface area contributed by atoms with Crippen LogP contribution in [0.4, 0.5) is 0 Å². The first-order valence-electron chi connectivity index (χ1n) is 7.30. The van der Waals surface area contributed by atoms with E-state index in [-0.39, 0.29) is 0 Å². The predicted molar refractivity (Wildman–Crippen MR) is 87.8 cm³/mol. The van der Waals surface area contributed by atoms with Crippen LogP contribution < -0.4 is 15.5 Å². The van der Waals surface area contributed by atoms with Crippen molar-refractivity contribution in [1.82, 2.24) is 10.6 Å². The van der Waals surface area contributed by atoms with Crippen molar-refractivity contribution >= 4 is 17.3 Å². The SMILES string of the molecule is C=CCNC(=S)NC1CC[NH+](Cc2ccccc2)CC1. The molecule has 1 heterocycles. The Morgan fingerprint density at radius 1 is 1.30 bits per heavy atom. The third kappa shape index (κ3) is 4.94. The molecule has 0 spiro atoms. The molecule has 0 amide bonds. The summed E-state index contributed by atoms with van der Waals surface area (Å²) in [4.78, 5) is 1.67. The average molecular weight is 290 g/mol. The number of nitrogens with one attached hydrogen (secondary N) is 3. The molecule has 0 radical (unpaired) electrons. The molecule has 3 nitrogen and oxygen atoms in total. The van der Waals surface area contributed by atoms with Crippen molar-refractivity contribution in [3.8, 4) is 0 Å². The number of likely N-dealkylation sites (tertiary alicyclic amines) is 1. The first kappa shape index (κ1) is 15.0. The predicted octanol–water partition coefficient (Wildman–Crippen LogP) is 0.884. The Balaban J connectivity index is 1.70. The van der Waals surface area contributed by atoms with Gasteiger partial charge in [0.1, 0.15) is 6.54 Å². The molecule has 1 aromatic carbocycles. The second-order valence-corrected chi connectivity index (χ2v) is 5.74. The maximum atomic E-state index is 5.26. The second-order valence-electron chi connectivity index (χ2n) is 5.33. The van der Waals surface area contributed by atoms with Crippen LogP contribution in [0.15, 0.2) is 43.0 Å². The largest absolute Gasteiger partial charge is 0.360 e. The van der Waals surface area contributed by atoms with E-state index in [0.717, 1.165) is 18.2 Å². The van der Waals surface area contributed by atoms with Crippen molar-refractivity contribution in [3.63, 3.8) is 0 Å². The fourth-order valence-corrected chi connectivity index (χ4v) is 2.88.